The van der Waals surface area contributed by atoms with Gasteiger partial charge in [-0.1, -0.05) is 6.07 Å². The van der Waals surface area contributed by atoms with Gasteiger partial charge in [-0.3, -0.25) is 13.9 Å². The summed E-state index contributed by atoms with van der Waals surface area (Å²) in [4.78, 5) is 10.9. The van der Waals surface area contributed by atoms with Crippen LogP contribution in [0.3, 0.4) is 0 Å². The van der Waals surface area contributed by atoms with Crippen molar-refractivity contribution in [2.75, 3.05) is 0 Å². The van der Waals surface area contributed by atoms with Gasteiger partial charge in [0.05, 0.1) is 4.88 Å². The Morgan fingerprint density at radius 3 is 2.08 bits per heavy atom. The molecule has 0 aliphatic heterocycles. The number of primary amides is 1. The molecule has 0 unspecified atom stereocenters. The van der Waals surface area contributed by atoms with Crippen molar-refractivity contribution in [1.29, 1.82) is 0 Å². The number of nitrogens with two attached hydrogens (primary N) is 1. The largest absolute Gasteiger partial charge is 0.394 e. The Hall–Kier alpha value is -0.960. The monoisotopic (exact) mass is 225 g/mol. The molecule has 74 valence electrons. The van der Waals surface area contributed by atoms with Crippen LogP contribution in [0.4, 0.5) is 0 Å². The van der Waals surface area contributed by atoms with Gasteiger partial charge in [0.25, 0.3) is 5.91 Å². The number of amides is 1. The van der Waals surface area contributed by atoms with Crippen LogP contribution in [-0.2, 0) is 10.4 Å². The molecule has 0 atom stereocenters. The van der Waals surface area contributed by atoms with Gasteiger partial charge in [-0.25, -0.2) is 0 Å². The number of carbonyl (C=O) groups is 1. The first-order valence-corrected chi connectivity index (χ1v) is 5.11. The maximum Gasteiger partial charge on any atom is 0.394 e. The lowest BCUT2D eigenvalue weighted by Gasteiger charge is -1.80. The van der Waals surface area contributed by atoms with Crippen molar-refractivity contribution in [3.05, 3.63) is 22.4 Å². The van der Waals surface area contributed by atoms with Crippen LogP contribution in [0.15, 0.2) is 17.5 Å². The van der Waals surface area contributed by atoms with E-state index in [0.717, 1.165) is 0 Å². The first kappa shape index (κ1) is 12.0. The SMILES string of the molecule is NC(=O)c1cccs1.O=S(=O)(O)O. The normalized spacial score (nSPS) is 10.0. The Morgan fingerprint density at radius 2 is 1.92 bits per heavy atom. The molecule has 8 heteroatoms. The molecular weight excluding hydrogens is 218 g/mol. The minimum absolute atomic E-state index is 0.347. The van der Waals surface area contributed by atoms with Crippen LogP contribution in [0.5, 0.6) is 0 Å². The fourth-order valence-electron chi connectivity index (χ4n) is 0.419. The number of hydrogen-bond donors (Lipinski definition) is 3. The predicted octanol–water partition coefficient (Wildman–Crippen LogP) is 0.194. The zero-order chi connectivity index (χ0) is 10.5. The maximum atomic E-state index is 10.3. The van der Waals surface area contributed by atoms with Crippen LogP contribution in [0, 0.1) is 0 Å². The van der Waals surface area contributed by atoms with E-state index in [1.807, 2.05) is 5.38 Å². The quantitative estimate of drug-likeness (QED) is 0.590. The van der Waals surface area contributed by atoms with E-state index in [4.69, 9.17) is 23.3 Å². The molecule has 0 spiro atoms. The minimum atomic E-state index is -4.67. The zero-order valence-corrected chi connectivity index (χ0v) is 7.88. The van der Waals surface area contributed by atoms with Gasteiger partial charge in [0.2, 0.25) is 0 Å². The highest BCUT2D eigenvalue weighted by molar-refractivity contribution is 7.79. The molecule has 1 aromatic heterocycles. The van der Waals surface area contributed by atoms with Crippen LogP contribution in [0.2, 0.25) is 0 Å². The van der Waals surface area contributed by atoms with Crippen LogP contribution in [-0.4, -0.2) is 23.4 Å². The molecule has 1 heterocycles. The molecule has 0 bridgehead atoms. The fraction of sp³-hybridized carbons (Fsp3) is 0. The fourth-order valence-corrected chi connectivity index (χ4v) is 0.996. The highest BCUT2D eigenvalue weighted by Crippen LogP contribution is 2.05. The Labute approximate surface area is 78.6 Å². The summed E-state index contributed by atoms with van der Waals surface area (Å²) in [5, 5.41) is 1.82. The third-order valence-electron chi connectivity index (χ3n) is 0.764. The molecule has 6 nitrogen and oxygen atoms in total. The summed E-state index contributed by atoms with van der Waals surface area (Å²) in [7, 11) is -4.67. The third-order valence-corrected chi connectivity index (χ3v) is 1.65. The van der Waals surface area contributed by atoms with Gasteiger partial charge in [-0.2, -0.15) is 8.42 Å². The average molecular weight is 225 g/mol. The number of rotatable bonds is 1. The number of hydrogen-bond acceptors (Lipinski definition) is 4. The highest BCUT2D eigenvalue weighted by Gasteiger charge is 1.96. The summed E-state index contributed by atoms with van der Waals surface area (Å²) < 4.78 is 31.6. The van der Waals surface area contributed by atoms with Crippen molar-refractivity contribution in [1.82, 2.24) is 0 Å². The second-order valence-corrected chi connectivity index (χ2v) is 3.63. The van der Waals surface area contributed by atoms with Crippen LogP contribution >= 0.6 is 11.3 Å². The van der Waals surface area contributed by atoms with Crippen molar-refractivity contribution in [3.63, 3.8) is 0 Å². The Bertz CT molecular complexity index is 346. The average Bonchev–Trinajstić information content (AvgIpc) is 2.31. The molecule has 0 saturated carbocycles. The molecule has 0 saturated heterocycles. The maximum absolute atomic E-state index is 10.3. The molecule has 0 fully saturated rings. The van der Waals surface area contributed by atoms with Gasteiger partial charge in [0.15, 0.2) is 0 Å². The molecule has 4 N–H and O–H groups in total. The highest BCUT2D eigenvalue weighted by atomic mass is 32.3. The van der Waals surface area contributed by atoms with E-state index >= 15 is 0 Å². The predicted molar refractivity (Wildman–Crippen MR) is 47.0 cm³/mol. The summed E-state index contributed by atoms with van der Waals surface area (Å²) >= 11 is 1.36. The first-order chi connectivity index (χ1) is 5.80. The summed E-state index contributed by atoms with van der Waals surface area (Å²) in [6.45, 7) is 0. The van der Waals surface area contributed by atoms with Crippen LogP contribution in [0.1, 0.15) is 9.67 Å². The van der Waals surface area contributed by atoms with Crippen molar-refractivity contribution >= 4 is 27.6 Å². The van der Waals surface area contributed by atoms with E-state index in [1.165, 1.54) is 11.3 Å². The molecule has 0 radical (unpaired) electrons. The lowest BCUT2D eigenvalue weighted by atomic mass is 10.5. The van der Waals surface area contributed by atoms with Crippen molar-refractivity contribution in [2.45, 2.75) is 0 Å². The van der Waals surface area contributed by atoms with Gasteiger partial charge in [-0.05, 0) is 11.4 Å². The van der Waals surface area contributed by atoms with Crippen molar-refractivity contribution in [3.8, 4) is 0 Å². The molecule has 0 aromatic carbocycles. The van der Waals surface area contributed by atoms with Gasteiger partial charge in [0.1, 0.15) is 0 Å². The molecule has 1 rings (SSSR count). The van der Waals surface area contributed by atoms with Crippen molar-refractivity contribution < 1.29 is 22.3 Å². The van der Waals surface area contributed by atoms with Crippen LogP contribution < -0.4 is 5.73 Å². The molecule has 0 aliphatic carbocycles. The van der Waals surface area contributed by atoms with E-state index in [-0.39, 0.29) is 5.91 Å². The zero-order valence-electron chi connectivity index (χ0n) is 6.25. The Kier molecular flexibility index (Phi) is 4.56. The van der Waals surface area contributed by atoms with E-state index in [1.54, 1.807) is 12.1 Å². The molecule has 1 aromatic rings. The number of carbonyl (C=O) groups excluding carboxylic acids is 1. The smallest absolute Gasteiger partial charge is 0.365 e. The van der Waals surface area contributed by atoms with E-state index in [2.05, 4.69) is 0 Å². The van der Waals surface area contributed by atoms with Gasteiger partial charge < -0.3 is 5.73 Å². The lowest BCUT2D eigenvalue weighted by molar-refractivity contribution is 0.100. The molecule has 13 heavy (non-hydrogen) atoms. The minimum Gasteiger partial charge on any atom is -0.365 e. The Morgan fingerprint density at radius 1 is 1.46 bits per heavy atom. The molecule has 0 aliphatic rings. The molecule has 1 amide bonds. The van der Waals surface area contributed by atoms with Crippen molar-refractivity contribution in [2.24, 2.45) is 5.73 Å². The third kappa shape index (κ3) is 8.95. The topological polar surface area (TPSA) is 118 Å². The van der Waals surface area contributed by atoms with E-state index in [0.29, 0.717) is 4.88 Å². The molecular formula is C5H7NO5S2. The van der Waals surface area contributed by atoms with Gasteiger partial charge in [-0.15, -0.1) is 11.3 Å². The van der Waals surface area contributed by atoms with E-state index in [9.17, 15) is 4.79 Å². The summed E-state index contributed by atoms with van der Waals surface area (Å²) in [6, 6.07) is 3.50. The Balaban J connectivity index is 0.000000252. The first-order valence-electron chi connectivity index (χ1n) is 2.84. The van der Waals surface area contributed by atoms with Crippen LogP contribution in [0.25, 0.3) is 0 Å². The summed E-state index contributed by atoms with van der Waals surface area (Å²) in [6.07, 6.45) is 0. The lowest BCUT2D eigenvalue weighted by Crippen LogP contribution is -2.07. The van der Waals surface area contributed by atoms with E-state index < -0.39 is 10.4 Å². The van der Waals surface area contributed by atoms with Gasteiger partial charge >= 0.3 is 10.4 Å². The van der Waals surface area contributed by atoms with Gasteiger partial charge in [0, 0.05) is 0 Å². The second-order valence-electron chi connectivity index (χ2n) is 1.79. The standard InChI is InChI=1S/C5H5NOS.H2O4S/c6-5(7)4-2-1-3-8-4;1-5(2,3)4/h1-3H,(H2,6,7);(H2,1,2,3,4). The second kappa shape index (κ2) is 4.92. The summed E-state index contributed by atoms with van der Waals surface area (Å²) in [5.41, 5.74) is 4.93. The summed E-state index contributed by atoms with van der Waals surface area (Å²) in [5.74, 6) is -0.347. The number of thiophene rings is 1.